The first-order valence-electron chi connectivity index (χ1n) is 11.5. The van der Waals surface area contributed by atoms with Crippen molar-refractivity contribution in [2.75, 3.05) is 6.61 Å². The average molecular weight is 435 g/mol. The summed E-state index contributed by atoms with van der Waals surface area (Å²) in [5.74, 6) is -0.639. The zero-order valence-corrected chi connectivity index (χ0v) is 18.4. The number of fused-ring (bicyclic) bond motifs is 4. The lowest BCUT2D eigenvalue weighted by atomic mass is 9.85. The minimum atomic E-state index is -0.400. The van der Waals surface area contributed by atoms with E-state index in [0.717, 1.165) is 30.5 Å². The topological polar surface area (TPSA) is 87.5 Å². The first-order chi connectivity index (χ1) is 15.6. The fourth-order valence-electron chi connectivity index (χ4n) is 5.62. The number of nitrogens with one attached hydrogen (secondary N) is 1. The summed E-state index contributed by atoms with van der Waals surface area (Å²) in [7, 11) is 0. The standard InChI is InChI=1S/C25H30N4O3/c1-2-5-17-9-10-20-23-22(24(31)27-18-7-3-8-18)19(15-30)21(14-29(20)25(17)32)28(23)13-16-6-4-11-26-12-16/h2,4-6,9-12,18-19,21-23,30H,3,7-8,13-15H2,1H3,(H,27,31)/b5-2+/t19-,21-,22+,23+/m0/s1. The molecule has 2 aliphatic heterocycles. The van der Waals surface area contributed by atoms with Crippen molar-refractivity contribution < 1.29 is 9.90 Å². The van der Waals surface area contributed by atoms with Crippen LogP contribution < -0.4 is 10.9 Å². The Labute approximate surface area is 187 Å². The second-order valence-electron chi connectivity index (χ2n) is 9.18. The van der Waals surface area contributed by atoms with Crippen LogP contribution in [0.3, 0.4) is 0 Å². The minimum absolute atomic E-state index is 0.00383. The van der Waals surface area contributed by atoms with Crippen LogP contribution in [0, 0.1) is 11.8 Å². The van der Waals surface area contributed by atoms with Gasteiger partial charge >= 0.3 is 0 Å². The van der Waals surface area contributed by atoms with Gasteiger partial charge in [0.25, 0.3) is 5.56 Å². The van der Waals surface area contributed by atoms with Crippen LogP contribution in [0.25, 0.3) is 6.08 Å². The van der Waals surface area contributed by atoms with Crippen LogP contribution in [0.2, 0.25) is 0 Å². The molecule has 168 valence electrons. The highest BCUT2D eigenvalue weighted by molar-refractivity contribution is 5.81. The molecule has 32 heavy (non-hydrogen) atoms. The molecule has 1 aliphatic carbocycles. The van der Waals surface area contributed by atoms with Gasteiger partial charge in [-0.1, -0.05) is 18.2 Å². The summed E-state index contributed by atoms with van der Waals surface area (Å²) in [6.45, 7) is 2.90. The van der Waals surface area contributed by atoms with Gasteiger partial charge in [0, 0.05) is 61.3 Å². The van der Waals surface area contributed by atoms with E-state index in [0.29, 0.717) is 18.7 Å². The molecule has 2 N–H and O–H groups in total. The summed E-state index contributed by atoms with van der Waals surface area (Å²) in [5.41, 5.74) is 2.52. The van der Waals surface area contributed by atoms with Gasteiger partial charge in [-0.3, -0.25) is 19.5 Å². The maximum Gasteiger partial charge on any atom is 0.258 e. The number of hydrogen-bond donors (Lipinski definition) is 2. The van der Waals surface area contributed by atoms with E-state index in [9.17, 15) is 14.7 Å². The van der Waals surface area contributed by atoms with Crippen LogP contribution in [0.15, 0.2) is 47.5 Å². The van der Waals surface area contributed by atoms with Gasteiger partial charge in [-0.15, -0.1) is 0 Å². The fraction of sp³-hybridized carbons (Fsp3) is 0.480. The Hall–Kier alpha value is -2.77. The number of allylic oxidation sites excluding steroid dienone is 1. The zero-order chi connectivity index (χ0) is 22.2. The number of carbonyl (C=O) groups excluding carboxylic acids is 1. The van der Waals surface area contributed by atoms with Crippen molar-refractivity contribution in [1.82, 2.24) is 19.8 Å². The molecule has 4 heterocycles. The van der Waals surface area contributed by atoms with Gasteiger partial charge in [-0.25, -0.2) is 0 Å². The van der Waals surface area contributed by atoms with E-state index < -0.39 is 5.92 Å². The Kier molecular flexibility index (Phi) is 5.69. The van der Waals surface area contributed by atoms with Gasteiger partial charge in [0.1, 0.15) is 0 Å². The van der Waals surface area contributed by atoms with Crippen molar-refractivity contribution >= 4 is 12.0 Å². The third kappa shape index (κ3) is 3.49. The molecule has 1 saturated heterocycles. The Balaban J connectivity index is 1.58. The molecule has 3 aliphatic rings. The molecule has 7 nitrogen and oxygen atoms in total. The van der Waals surface area contributed by atoms with E-state index in [2.05, 4.69) is 15.2 Å². The number of amides is 1. The van der Waals surface area contributed by atoms with Crippen molar-refractivity contribution in [3.63, 3.8) is 0 Å². The summed E-state index contributed by atoms with van der Waals surface area (Å²) >= 11 is 0. The number of aliphatic hydroxyl groups is 1. The minimum Gasteiger partial charge on any atom is -0.396 e. The molecule has 1 saturated carbocycles. The Morgan fingerprint density at radius 2 is 2.16 bits per heavy atom. The fourth-order valence-corrected chi connectivity index (χ4v) is 5.62. The van der Waals surface area contributed by atoms with Gasteiger partial charge in [0.05, 0.1) is 12.0 Å². The number of aromatic nitrogens is 2. The quantitative estimate of drug-likeness (QED) is 0.727. The molecule has 5 rings (SSSR count). The lowest BCUT2D eigenvalue weighted by molar-refractivity contribution is -0.128. The number of hydrogen-bond acceptors (Lipinski definition) is 5. The summed E-state index contributed by atoms with van der Waals surface area (Å²) in [4.78, 5) is 33.2. The number of rotatable bonds is 6. The first-order valence-corrected chi connectivity index (χ1v) is 11.5. The summed E-state index contributed by atoms with van der Waals surface area (Å²) in [6.07, 6.45) is 10.4. The normalized spacial score (nSPS) is 27.3. The van der Waals surface area contributed by atoms with E-state index in [1.165, 1.54) is 0 Å². The summed E-state index contributed by atoms with van der Waals surface area (Å²) in [6, 6.07) is 7.63. The van der Waals surface area contributed by atoms with E-state index >= 15 is 0 Å². The van der Waals surface area contributed by atoms with Crippen LogP contribution in [0.5, 0.6) is 0 Å². The van der Waals surface area contributed by atoms with E-state index in [4.69, 9.17) is 0 Å². The van der Waals surface area contributed by atoms with E-state index in [1.807, 2.05) is 54.1 Å². The van der Waals surface area contributed by atoms with Gasteiger partial charge in [0.2, 0.25) is 5.91 Å². The summed E-state index contributed by atoms with van der Waals surface area (Å²) in [5, 5.41) is 13.6. The highest BCUT2D eigenvalue weighted by Crippen LogP contribution is 2.49. The monoisotopic (exact) mass is 434 g/mol. The molecule has 0 unspecified atom stereocenters. The Morgan fingerprint density at radius 3 is 2.81 bits per heavy atom. The lowest BCUT2D eigenvalue weighted by Gasteiger charge is -2.38. The molecule has 7 heteroatoms. The first kappa shape index (κ1) is 21.1. The highest BCUT2D eigenvalue weighted by Gasteiger charge is 2.55. The van der Waals surface area contributed by atoms with Crippen molar-refractivity contribution in [3.05, 3.63) is 69.9 Å². The maximum absolute atomic E-state index is 13.5. The van der Waals surface area contributed by atoms with Gasteiger partial charge in [0.15, 0.2) is 0 Å². The second kappa shape index (κ2) is 8.64. The molecular weight excluding hydrogens is 404 g/mol. The molecule has 0 spiro atoms. The van der Waals surface area contributed by atoms with E-state index in [1.54, 1.807) is 6.20 Å². The number of pyridine rings is 2. The molecule has 4 atom stereocenters. The molecule has 2 bridgehead atoms. The Morgan fingerprint density at radius 1 is 1.31 bits per heavy atom. The molecule has 0 radical (unpaired) electrons. The average Bonchev–Trinajstić information content (AvgIpc) is 2.98. The van der Waals surface area contributed by atoms with Crippen molar-refractivity contribution in [2.24, 2.45) is 11.8 Å². The molecule has 1 amide bonds. The molecule has 2 aromatic rings. The third-order valence-electron chi connectivity index (χ3n) is 7.39. The number of carbonyl (C=O) groups is 1. The number of nitrogens with zero attached hydrogens (tertiary/aromatic N) is 3. The van der Waals surface area contributed by atoms with E-state index in [-0.39, 0.29) is 42.1 Å². The second-order valence-corrected chi connectivity index (χ2v) is 9.18. The predicted octanol–water partition coefficient (Wildman–Crippen LogP) is 2.11. The number of aliphatic hydroxyl groups excluding tert-OH is 1. The molecule has 0 aromatic carbocycles. The Bertz CT molecular complexity index is 1080. The maximum atomic E-state index is 13.5. The van der Waals surface area contributed by atoms with Crippen LogP contribution in [0.1, 0.15) is 49.0 Å². The smallest absolute Gasteiger partial charge is 0.258 e. The van der Waals surface area contributed by atoms with Crippen molar-refractivity contribution in [2.45, 2.75) is 57.4 Å². The zero-order valence-electron chi connectivity index (χ0n) is 18.4. The van der Waals surface area contributed by atoms with Crippen molar-refractivity contribution in [1.29, 1.82) is 0 Å². The molecular formula is C25H30N4O3. The van der Waals surface area contributed by atoms with Crippen molar-refractivity contribution in [3.8, 4) is 0 Å². The highest BCUT2D eigenvalue weighted by atomic mass is 16.3. The van der Waals surface area contributed by atoms with Crippen LogP contribution in [0.4, 0.5) is 0 Å². The lowest BCUT2D eigenvalue weighted by Crippen LogP contribution is -2.47. The summed E-state index contributed by atoms with van der Waals surface area (Å²) < 4.78 is 1.82. The largest absolute Gasteiger partial charge is 0.396 e. The van der Waals surface area contributed by atoms with Crippen LogP contribution in [-0.4, -0.2) is 44.2 Å². The van der Waals surface area contributed by atoms with Crippen LogP contribution in [-0.2, 0) is 17.9 Å². The SMILES string of the molecule is C/C=C/c1ccc2n(c1=O)C[C@H]1[C@H](CO)[C@@H](C(=O)NC3CCC3)[C@@H]2N1Cc1cccnc1. The predicted molar refractivity (Wildman–Crippen MR) is 122 cm³/mol. The van der Waals surface area contributed by atoms with Crippen LogP contribution >= 0.6 is 0 Å². The third-order valence-corrected chi connectivity index (χ3v) is 7.39. The van der Waals surface area contributed by atoms with Gasteiger partial charge in [-0.05, 0) is 49.9 Å². The molecule has 2 aromatic heterocycles. The molecule has 2 fully saturated rings. The van der Waals surface area contributed by atoms with Gasteiger partial charge < -0.3 is 15.0 Å². The van der Waals surface area contributed by atoms with Gasteiger partial charge in [-0.2, -0.15) is 0 Å².